The van der Waals surface area contributed by atoms with Gasteiger partial charge in [-0.2, -0.15) is 18.4 Å². The number of hydrogen-bond donors (Lipinski definition) is 1. The summed E-state index contributed by atoms with van der Waals surface area (Å²) < 4.78 is 35.2. The molecule has 1 atom stereocenters. The number of nitrogens with zero attached hydrogens (tertiary/aromatic N) is 1. The molecule has 80 valence electrons. The molecule has 0 aliphatic rings. The van der Waals surface area contributed by atoms with Crippen LogP contribution in [0.1, 0.15) is 6.92 Å². The summed E-state index contributed by atoms with van der Waals surface area (Å²) >= 11 is 1.17. The van der Waals surface area contributed by atoms with E-state index in [0.29, 0.717) is 0 Å². The maximum atomic E-state index is 11.7. The van der Waals surface area contributed by atoms with E-state index in [9.17, 15) is 18.0 Å². The largest absolute Gasteiger partial charge is 0.471 e. The van der Waals surface area contributed by atoms with Crippen LogP contribution in [0.15, 0.2) is 0 Å². The second-order valence-corrected chi connectivity index (χ2v) is 3.58. The quantitative estimate of drug-likeness (QED) is 0.735. The van der Waals surface area contributed by atoms with Crippen molar-refractivity contribution in [3.05, 3.63) is 0 Å². The number of carbonyl (C=O) groups is 1. The molecule has 0 aliphatic heterocycles. The van der Waals surface area contributed by atoms with Crippen LogP contribution in [-0.4, -0.2) is 29.6 Å². The molecule has 0 rings (SSSR count). The van der Waals surface area contributed by atoms with Gasteiger partial charge in [-0.1, -0.05) is 0 Å². The Kier molecular flexibility index (Phi) is 5.38. The van der Waals surface area contributed by atoms with E-state index < -0.39 is 18.1 Å². The van der Waals surface area contributed by atoms with Gasteiger partial charge in [-0.25, -0.2) is 0 Å². The van der Waals surface area contributed by atoms with Gasteiger partial charge in [-0.05, 0) is 6.92 Å². The molecule has 3 nitrogen and oxygen atoms in total. The van der Waals surface area contributed by atoms with Crippen LogP contribution < -0.4 is 5.32 Å². The number of halogens is 3. The van der Waals surface area contributed by atoms with Crippen LogP contribution in [0.5, 0.6) is 0 Å². The van der Waals surface area contributed by atoms with E-state index in [0.717, 1.165) is 0 Å². The molecule has 0 aromatic heterocycles. The Balaban J connectivity index is 3.79. The topological polar surface area (TPSA) is 52.9 Å². The lowest BCUT2D eigenvalue weighted by Gasteiger charge is -2.13. The van der Waals surface area contributed by atoms with Gasteiger partial charge in [0.05, 0.1) is 11.8 Å². The third-order valence-corrected chi connectivity index (χ3v) is 2.24. The lowest BCUT2D eigenvalue weighted by molar-refractivity contribution is -0.174. The van der Waals surface area contributed by atoms with Crippen molar-refractivity contribution in [2.45, 2.75) is 19.1 Å². The van der Waals surface area contributed by atoms with Crippen LogP contribution in [0.3, 0.4) is 0 Å². The van der Waals surface area contributed by atoms with Gasteiger partial charge in [0.1, 0.15) is 0 Å². The smallest absolute Gasteiger partial charge is 0.345 e. The molecule has 1 amide bonds. The van der Waals surface area contributed by atoms with Gasteiger partial charge in [0.15, 0.2) is 0 Å². The molecule has 0 saturated heterocycles. The summed E-state index contributed by atoms with van der Waals surface area (Å²) in [5.41, 5.74) is 0. The molecule has 0 spiro atoms. The van der Waals surface area contributed by atoms with Gasteiger partial charge in [0.2, 0.25) is 0 Å². The summed E-state index contributed by atoms with van der Waals surface area (Å²) in [4.78, 5) is 10.4. The van der Waals surface area contributed by atoms with Crippen molar-refractivity contribution < 1.29 is 18.0 Å². The van der Waals surface area contributed by atoms with Crippen LogP contribution in [0.25, 0.3) is 0 Å². The molecule has 0 aliphatic carbocycles. The van der Waals surface area contributed by atoms with E-state index in [1.54, 1.807) is 5.32 Å². The van der Waals surface area contributed by atoms with Crippen LogP contribution in [0.2, 0.25) is 0 Å². The summed E-state index contributed by atoms with van der Waals surface area (Å²) in [7, 11) is 0. The Morgan fingerprint density at radius 1 is 1.64 bits per heavy atom. The minimum Gasteiger partial charge on any atom is -0.345 e. The summed E-state index contributed by atoms with van der Waals surface area (Å²) in [6.07, 6.45) is -4.84. The third kappa shape index (κ3) is 5.70. The first-order valence-corrected chi connectivity index (χ1v) is 4.85. The maximum absolute atomic E-state index is 11.7. The maximum Gasteiger partial charge on any atom is 0.471 e. The zero-order chi connectivity index (χ0) is 11.2. The first-order valence-electron chi connectivity index (χ1n) is 3.70. The highest BCUT2D eigenvalue weighted by atomic mass is 32.2. The average molecular weight is 226 g/mol. The van der Waals surface area contributed by atoms with Gasteiger partial charge >= 0.3 is 12.1 Å². The molecule has 0 aromatic carbocycles. The van der Waals surface area contributed by atoms with Gasteiger partial charge in [-0.3, -0.25) is 4.79 Å². The van der Waals surface area contributed by atoms with Crippen LogP contribution in [-0.2, 0) is 4.79 Å². The fourth-order valence-electron chi connectivity index (χ4n) is 0.629. The normalized spacial score (nSPS) is 13.1. The fraction of sp³-hybridized carbons (Fsp3) is 0.714. The molecular formula is C7H9F3N2OS. The summed E-state index contributed by atoms with van der Waals surface area (Å²) in [5.74, 6) is -1.45. The number of nitriles is 1. The fourth-order valence-corrected chi connectivity index (χ4v) is 1.27. The molecule has 14 heavy (non-hydrogen) atoms. The second kappa shape index (κ2) is 5.75. The van der Waals surface area contributed by atoms with E-state index in [2.05, 4.69) is 0 Å². The summed E-state index contributed by atoms with van der Waals surface area (Å²) in [6, 6.07) is 1.24. The van der Waals surface area contributed by atoms with Crippen molar-refractivity contribution in [3.63, 3.8) is 0 Å². The van der Waals surface area contributed by atoms with Crippen LogP contribution in [0, 0.1) is 11.3 Å². The van der Waals surface area contributed by atoms with Crippen molar-refractivity contribution in [3.8, 4) is 6.07 Å². The lowest BCUT2D eigenvalue weighted by atomic mass is 10.4. The standard InChI is InChI=1S/C7H9F3N2OS/c1-5(4-14-3-2-11)12-6(13)7(8,9)10/h5H,3-4H2,1H3,(H,12,13). The van der Waals surface area contributed by atoms with Crippen LogP contribution >= 0.6 is 11.8 Å². The highest BCUT2D eigenvalue weighted by Gasteiger charge is 2.39. The van der Waals surface area contributed by atoms with Crippen molar-refractivity contribution >= 4 is 17.7 Å². The Morgan fingerprint density at radius 2 is 2.21 bits per heavy atom. The number of rotatable bonds is 4. The summed E-state index contributed by atoms with van der Waals surface area (Å²) in [6.45, 7) is 1.45. The van der Waals surface area contributed by atoms with Crippen molar-refractivity contribution in [1.82, 2.24) is 5.32 Å². The predicted octanol–water partition coefficient (Wildman–Crippen LogP) is 1.31. The van der Waals surface area contributed by atoms with Crippen molar-refractivity contribution in [2.75, 3.05) is 11.5 Å². The number of nitrogens with one attached hydrogen (secondary N) is 1. The Bertz CT molecular complexity index is 236. The molecule has 0 radical (unpaired) electrons. The molecule has 0 saturated carbocycles. The molecule has 1 N–H and O–H groups in total. The number of hydrogen-bond acceptors (Lipinski definition) is 3. The zero-order valence-corrected chi connectivity index (χ0v) is 8.21. The minimum atomic E-state index is -4.84. The van der Waals surface area contributed by atoms with E-state index >= 15 is 0 Å². The Hall–Kier alpha value is -0.900. The number of alkyl halides is 3. The molecule has 0 fully saturated rings. The highest BCUT2D eigenvalue weighted by Crippen LogP contribution is 2.14. The molecule has 0 bridgehead atoms. The first kappa shape index (κ1) is 13.1. The summed E-state index contributed by atoms with van der Waals surface area (Å²) in [5, 5.41) is 9.94. The van der Waals surface area contributed by atoms with Gasteiger partial charge in [0.25, 0.3) is 0 Å². The third-order valence-electron chi connectivity index (χ3n) is 1.17. The van der Waals surface area contributed by atoms with Gasteiger partial charge in [-0.15, -0.1) is 11.8 Å². The van der Waals surface area contributed by atoms with E-state index in [1.165, 1.54) is 18.7 Å². The lowest BCUT2D eigenvalue weighted by Crippen LogP contribution is -2.42. The first-order chi connectivity index (χ1) is 6.38. The minimum absolute atomic E-state index is 0.201. The zero-order valence-electron chi connectivity index (χ0n) is 7.39. The molecule has 7 heteroatoms. The van der Waals surface area contributed by atoms with Crippen molar-refractivity contribution in [1.29, 1.82) is 5.26 Å². The van der Waals surface area contributed by atoms with Gasteiger partial charge in [0, 0.05) is 11.8 Å². The molecule has 1 unspecified atom stereocenters. The van der Waals surface area contributed by atoms with Gasteiger partial charge < -0.3 is 5.32 Å². The monoisotopic (exact) mass is 226 g/mol. The predicted molar refractivity (Wildman–Crippen MR) is 46.6 cm³/mol. The van der Waals surface area contributed by atoms with E-state index in [-0.39, 0.29) is 11.5 Å². The Labute approximate surface area is 83.7 Å². The Morgan fingerprint density at radius 3 is 2.64 bits per heavy atom. The second-order valence-electron chi connectivity index (χ2n) is 2.55. The van der Waals surface area contributed by atoms with Crippen molar-refractivity contribution in [2.24, 2.45) is 0 Å². The molecular weight excluding hydrogens is 217 g/mol. The SMILES string of the molecule is CC(CSCC#N)NC(=O)C(F)(F)F. The molecule has 0 aromatic rings. The number of carbonyl (C=O) groups excluding carboxylic acids is 1. The number of amides is 1. The highest BCUT2D eigenvalue weighted by molar-refractivity contribution is 7.99. The average Bonchev–Trinajstić information content (AvgIpc) is 2.03. The van der Waals surface area contributed by atoms with E-state index in [4.69, 9.17) is 5.26 Å². The molecule has 0 heterocycles. The van der Waals surface area contributed by atoms with Crippen LogP contribution in [0.4, 0.5) is 13.2 Å². The number of thioether (sulfide) groups is 1. The van der Waals surface area contributed by atoms with E-state index in [1.807, 2.05) is 6.07 Å².